The summed E-state index contributed by atoms with van der Waals surface area (Å²) in [7, 11) is 1.33. The minimum absolute atomic E-state index is 0. The molecule has 6 nitrogen and oxygen atoms in total. The zero-order valence-electron chi connectivity index (χ0n) is 10.5. The van der Waals surface area contributed by atoms with E-state index in [9.17, 15) is 4.79 Å². The zero-order chi connectivity index (χ0) is 12.4. The predicted octanol–water partition coefficient (Wildman–Crippen LogP) is 1.28. The van der Waals surface area contributed by atoms with E-state index in [0.29, 0.717) is 4.88 Å². The third-order valence-corrected chi connectivity index (χ3v) is 3.93. The van der Waals surface area contributed by atoms with Gasteiger partial charge in [-0.15, -0.1) is 24.8 Å². The molecule has 0 aromatic carbocycles. The minimum atomic E-state index is -0.431. The van der Waals surface area contributed by atoms with Crippen LogP contribution in [0.2, 0.25) is 0 Å². The predicted molar refractivity (Wildman–Crippen MR) is 81.8 cm³/mol. The number of piperidine rings is 1. The molecule has 110 valence electrons. The van der Waals surface area contributed by atoms with Crippen molar-refractivity contribution in [2.24, 2.45) is 5.73 Å². The molecule has 1 fully saturated rings. The standard InChI is InChI=1S/C10H16N4O2S.2ClH/c1-16-9(15)7-8(12)13-10(17-7)14-4-2-6(11)3-5-14;;/h6H,2-5,11-12H2,1H3;2*1H. The Balaban J connectivity index is 0.00000162. The van der Waals surface area contributed by atoms with Crippen molar-refractivity contribution >= 4 is 53.1 Å². The first-order valence-corrected chi connectivity index (χ1v) is 6.28. The summed E-state index contributed by atoms with van der Waals surface area (Å²) in [5.74, 6) is -0.188. The first-order valence-electron chi connectivity index (χ1n) is 5.47. The van der Waals surface area contributed by atoms with Gasteiger partial charge in [0.25, 0.3) is 0 Å². The Kier molecular flexibility index (Phi) is 7.43. The Labute approximate surface area is 128 Å². The molecule has 1 aromatic heterocycles. The number of esters is 1. The van der Waals surface area contributed by atoms with E-state index in [1.165, 1.54) is 18.4 Å². The molecule has 1 aliphatic heterocycles. The van der Waals surface area contributed by atoms with Crippen LogP contribution < -0.4 is 16.4 Å². The third-order valence-electron chi connectivity index (χ3n) is 2.82. The number of nitrogen functional groups attached to an aromatic ring is 1. The van der Waals surface area contributed by atoms with Crippen molar-refractivity contribution in [1.29, 1.82) is 0 Å². The van der Waals surface area contributed by atoms with Gasteiger partial charge in [0.05, 0.1) is 7.11 Å². The lowest BCUT2D eigenvalue weighted by Gasteiger charge is -2.29. The van der Waals surface area contributed by atoms with Gasteiger partial charge in [-0.1, -0.05) is 11.3 Å². The number of anilines is 2. The second-order valence-electron chi connectivity index (χ2n) is 4.03. The van der Waals surface area contributed by atoms with Gasteiger partial charge in [0.2, 0.25) is 0 Å². The highest BCUT2D eigenvalue weighted by atomic mass is 35.5. The van der Waals surface area contributed by atoms with Crippen LogP contribution >= 0.6 is 36.2 Å². The summed E-state index contributed by atoms with van der Waals surface area (Å²) in [6, 6.07) is 0.267. The van der Waals surface area contributed by atoms with Gasteiger partial charge in [0.1, 0.15) is 0 Å². The Bertz CT molecular complexity index is 422. The van der Waals surface area contributed by atoms with Crippen LogP contribution in [0.1, 0.15) is 22.5 Å². The molecule has 2 rings (SSSR count). The summed E-state index contributed by atoms with van der Waals surface area (Å²) in [6.45, 7) is 1.71. The van der Waals surface area contributed by atoms with Gasteiger partial charge in [-0.25, -0.2) is 9.78 Å². The SMILES string of the molecule is COC(=O)c1sc(N2CCC(N)CC2)nc1N.Cl.Cl. The van der Waals surface area contributed by atoms with Gasteiger partial charge < -0.3 is 21.1 Å². The van der Waals surface area contributed by atoms with Gasteiger partial charge in [0, 0.05) is 19.1 Å². The molecule has 0 amide bonds. The Morgan fingerprint density at radius 2 is 2.00 bits per heavy atom. The molecule has 0 aliphatic carbocycles. The molecule has 1 aliphatic rings. The number of thiazole rings is 1. The van der Waals surface area contributed by atoms with Crippen molar-refractivity contribution in [1.82, 2.24) is 4.98 Å². The second-order valence-corrected chi connectivity index (χ2v) is 5.00. The summed E-state index contributed by atoms with van der Waals surface area (Å²) < 4.78 is 4.65. The smallest absolute Gasteiger partial charge is 0.351 e. The molecule has 0 unspecified atom stereocenters. The highest BCUT2D eigenvalue weighted by Gasteiger charge is 2.23. The maximum Gasteiger partial charge on any atom is 0.351 e. The lowest BCUT2D eigenvalue weighted by Crippen LogP contribution is -2.39. The van der Waals surface area contributed by atoms with E-state index in [-0.39, 0.29) is 36.7 Å². The molecule has 0 atom stereocenters. The monoisotopic (exact) mass is 328 g/mol. The molecule has 19 heavy (non-hydrogen) atoms. The summed E-state index contributed by atoms with van der Waals surface area (Å²) >= 11 is 1.27. The molecular formula is C10H18Cl2N4O2S. The van der Waals surface area contributed by atoms with Gasteiger partial charge in [-0.05, 0) is 12.8 Å². The summed E-state index contributed by atoms with van der Waals surface area (Å²) in [6.07, 6.45) is 1.88. The van der Waals surface area contributed by atoms with E-state index in [1.54, 1.807) is 0 Å². The first kappa shape index (κ1) is 18.2. The van der Waals surface area contributed by atoms with Gasteiger partial charge in [0.15, 0.2) is 15.8 Å². The molecule has 4 N–H and O–H groups in total. The number of hydrogen-bond donors (Lipinski definition) is 2. The molecule has 1 aromatic rings. The van der Waals surface area contributed by atoms with E-state index < -0.39 is 5.97 Å². The van der Waals surface area contributed by atoms with Crippen LogP contribution in [0.15, 0.2) is 0 Å². The van der Waals surface area contributed by atoms with E-state index >= 15 is 0 Å². The lowest BCUT2D eigenvalue weighted by atomic mass is 10.1. The van der Waals surface area contributed by atoms with E-state index in [0.717, 1.165) is 31.1 Å². The van der Waals surface area contributed by atoms with Crippen LogP contribution in [0.3, 0.4) is 0 Å². The normalized spacial score (nSPS) is 15.4. The van der Waals surface area contributed by atoms with Crippen LogP contribution in [0.4, 0.5) is 10.9 Å². The van der Waals surface area contributed by atoms with Crippen molar-refractivity contribution in [3.8, 4) is 0 Å². The number of carbonyl (C=O) groups excluding carboxylic acids is 1. The maximum absolute atomic E-state index is 11.4. The number of carbonyl (C=O) groups is 1. The number of ether oxygens (including phenoxy) is 1. The number of rotatable bonds is 2. The summed E-state index contributed by atoms with van der Waals surface area (Å²) in [5, 5.41) is 0.773. The van der Waals surface area contributed by atoms with E-state index in [2.05, 4.69) is 14.6 Å². The second kappa shape index (κ2) is 7.74. The largest absolute Gasteiger partial charge is 0.465 e. The van der Waals surface area contributed by atoms with Gasteiger partial charge in [-0.2, -0.15) is 0 Å². The zero-order valence-corrected chi connectivity index (χ0v) is 12.9. The Morgan fingerprint density at radius 3 is 2.53 bits per heavy atom. The molecule has 2 heterocycles. The average molecular weight is 329 g/mol. The first-order chi connectivity index (χ1) is 8.11. The van der Waals surface area contributed by atoms with Crippen LogP contribution in [0.5, 0.6) is 0 Å². The Morgan fingerprint density at radius 1 is 1.42 bits per heavy atom. The van der Waals surface area contributed by atoms with Crippen LogP contribution in [-0.4, -0.2) is 37.2 Å². The summed E-state index contributed by atoms with van der Waals surface area (Å²) in [4.78, 5) is 18.1. The van der Waals surface area contributed by atoms with Crippen LogP contribution in [0.25, 0.3) is 0 Å². The number of aromatic nitrogens is 1. The molecule has 0 spiro atoms. The van der Waals surface area contributed by atoms with E-state index in [1.807, 2.05) is 0 Å². The molecule has 0 radical (unpaired) electrons. The lowest BCUT2D eigenvalue weighted by molar-refractivity contribution is 0.0607. The highest BCUT2D eigenvalue weighted by molar-refractivity contribution is 7.18. The number of methoxy groups -OCH3 is 1. The topological polar surface area (TPSA) is 94.5 Å². The minimum Gasteiger partial charge on any atom is -0.465 e. The number of nitrogens with zero attached hydrogens (tertiary/aromatic N) is 2. The van der Waals surface area contributed by atoms with Crippen molar-refractivity contribution in [3.63, 3.8) is 0 Å². The van der Waals surface area contributed by atoms with Gasteiger partial charge in [-0.3, -0.25) is 0 Å². The fraction of sp³-hybridized carbons (Fsp3) is 0.600. The van der Waals surface area contributed by atoms with Crippen molar-refractivity contribution in [2.75, 3.05) is 30.8 Å². The molecule has 0 saturated carbocycles. The molecular weight excluding hydrogens is 311 g/mol. The van der Waals surface area contributed by atoms with Crippen molar-refractivity contribution in [3.05, 3.63) is 4.88 Å². The van der Waals surface area contributed by atoms with Crippen molar-refractivity contribution < 1.29 is 9.53 Å². The van der Waals surface area contributed by atoms with Crippen LogP contribution in [0, 0.1) is 0 Å². The average Bonchev–Trinajstić information content (AvgIpc) is 2.71. The third kappa shape index (κ3) is 4.10. The molecule has 9 heteroatoms. The maximum atomic E-state index is 11.4. The number of halogens is 2. The quantitative estimate of drug-likeness (QED) is 0.794. The van der Waals surface area contributed by atoms with Gasteiger partial charge >= 0.3 is 5.97 Å². The fourth-order valence-electron chi connectivity index (χ4n) is 1.79. The molecule has 1 saturated heterocycles. The molecule has 0 bridgehead atoms. The highest BCUT2D eigenvalue weighted by Crippen LogP contribution is 2.30. The van der Waals surface area contributed by atoms with E-state index in [4.69, 9.17) is 11.5 Å². The van der Waals surface area contributed by atoms with Crippen molar-refractivity contribution in [2.45, 2.75) is 18.9 Å². The summed E-state index contributed by atoms with van der Waals surface area (Å²) in [5.41, 5.74) is 11.5. The van der Waals surface area contributed by atoms with Crippen LogP contribution in [-0.2, 0) is 4.74 Å². The number of hydrogen-bond acceptors (Lipinski definition) is 7. The Hall–Kier alpha value is -0.760. The number of nitrogens with two attached hydrogens (primary N) is 2. The fourth-order valence-corrected chi connectivity index (χ4v) is 2.74.